The first-order valence-electron chi connectivity index (χ1n) is 40.7. The Kier molecular flexibility index (Phi) is 30.1. The molecule has 29 nitrogen and oxygen atoms in total. The van der Waals surface area contributed by atoms with Crippen LogP contribution in [0, 0.1) is 16.7 Å². The van der Waals surface area contributed by atoms with E-state index in [2.05, 4.69) is 41.9 Å². The summed E-state index contributed by atoms with van der Waals surface area (Å²) >= 11 is 0. The van der Waals surface area contributed by atoms with Gasteiger partial charge < -0.3 is 72.4 Å². The van der Waals surface area contributed by atoms with Gasteiger partial charge in [0.15, 0.2) is 0 Å². The van der Waals surface area contributed by atoms with Gasteiger partial charge in [0.25, 0.3) is 5.91 Å². The molecule has 6 aromatic carbocycles. The number of carboxylic acid groups (broad SMARTS) is 1. The Bertz CT molecular complexity index is 4900. The Labute approximate surface area is 695 Å². The SMILES string of the molecule is CCC1=NN(C2CC(C(N)=O)N(C(=O)C(NC(=O)C(C)NC)C(C)(C)C)C2)C=C(COc2ccc(CC(NC(=O)C(Cc3ccc4ccccc4c3)NC(=O)C3CC(CC=CCOc4ccc(CC(NC(=O)C(O)C(C)c5ccc6ccccc6c5)C(=O)O)cc4)CN3C(=O)C(NC(=O)C(C)NC)C(C)(C)C)C(=O)NS(=O)(=O)C3CC3)cc2)C1. The summed E-state index contributed by atoms with van der Waals surface area (Å²) in [5.74, 6) is -7.25. The number of primary amides is 1. The zero-order chi connectivity index (χ0) is 86.4. The number of allylic oxidation sites excluding steroid dienone is 1. The van der Waals surface area contributed by atoms with E-state index in [9.17, 15) is 52.2 Å². The first-order chi connectivity index (χ1) is 56.4. The van der Waals surface area contributed by atoms with Crippen molar-refractivity contribution in [3.8, 4) is 11.5 Å². The monoisotopic (exact) mass is 1650 g/mol. The van der Waals surface area contributed by atoms with Gasteiger partial charge in [-0.3, -0.25) is 52.9 Å². The van der Waals surface area contributed by atoms with E-state index in [0.717, 1.165) is 38.4 Å². The quantitative estimate of drug-likeness (QED) is 0.0189. The molecular formula is C89H115N13O16S. The van der Waals surface area contributed by atoms with Crippen LogP contribution < -0.4 is 57.1 Å². The molecule has 4 aliphatic rings. The van der Waals surface area contributed by atoms with Crippen molar-refractivity contribution in [2.24, 2.45) is 27.6 Å². The van der Waals surface area contributed by atoms with Crippen LogP contribution in [-0.4, -0.2) is 210 Å². The third-order valence-corrected chi connectivity index (χ3v) is 24.5. The van der Waals surface area contributed by atoms with E-state index >= 15 is 14.4 Å². The fourth-order valence-electron chi connectivity index (χ4n) is 14.9. The average molecular weight is 1660 g/mol. The van der Waals surface area contributed by atoms with E-state index in [-0.39, 0.29) is 70.2 Å². The first kappa shape index (κ1) is 90.2. The maximum absolute atomic E-state index is 15.4. The maximum Gasteiger partial charge on any atom is 0.326 e. The van der Waals surface area contributed by atoms with Crippen LogP contribution in [0.25, 0.3) is 21.5 Å². The van der Waals surface area contributed by atoms with Gasteiger partial charge in [0.1, 0.15) is 73.1 Å². The third-order valence-electron chi connectivity index (χ3n) is 22.6. The normalized spacial score (nSPS) is 19.4. The van der Waals surface area contributed by atoms with Crippen molar-refractivity contribution in [2.45, 2.75) is 211 Å². The fourth-order valence-corrected chi connectivity index (χ4v) is 16.3. The van der Waals surface area contributed by atoms with Crippen LogP contribution >= 0.6 is 0 Å². The second-order valence-corrected chi connectivity index (χ2v) is 35.8. The van der Waals surface area contributed by atoms with E-state index in [0.29, 0.717) is 60.3 Å². The Morgan fingerprint density at radius 2 is 1.10 bits per heavy atom. The number of amides is 9. The molecule has 6 aromatic rings. The van der Waals surface area contributed by atoms with Crippen LogP contribution in [0.5, 0.6) is 11.5 Å². The zero-order valence-electron chi connectivity index (χ0n) is 69.8. The van der Waals surface area contributed by atoms with Crippen molar-refractivity contribution in [1.29, 1.82) is 0 Å². The molecule has 0 spiro atoms. The van der Waals surface area contributed by atoms with E-state index in [1.54, 1.807) is 115 Å². The highest BCUT2D eigenvalue weighted by Crippen LogP contribution is 2.35. The van der Waals surface area contributed by atoms with E-state index in [4.69, 9.17) is 20.3 Å². The first-order valence-corrected chi connectivity index (χ1v) is 42.3. The van der Waals surface area contributed by atoms with Crippen molar-refractivity contribution < 1.29 is 76.0 Å². The number of nitrogens with one attached hydrogen (secondary N) is 8. The Morgan fingerprint density at radius 1 is 0.588 bits per heavy atom. The number of fused-ring (bicyclic) bond motifs is 2. The minimum atomic E-state index is -4.17. The fraction of sp³-hybridized carbons (Fsp3) is 0.472. The largest absolute Gasteiger partial charge is 0.490 e. The summed E-state index contributed by atoms with van der Waals surface area (Å²) in [6.45, 7) is 18.2. The molecule has 2 saturated heterocycles. The van der Waals surface area contributed by atoms with Gasteiger partial charge in [0.05, 0.1) is 23.4 Å². The molecule has 638 valence electrons. The minimum absolute atomic E-state index is 0.0617. The predicted octanol–water partition coefficient (Wildman–Crippen LogP) is 6.34. The van der Waals surface area contributed by atoms with Crippen LogP contribution in [0.1, 0.15) is 142 Å². The Balaban J connectivity index is 0.835. The number of carboxylic acids is 1. The number of nitrogens with zero attached hydrogens (tertiary/aromatic N) is 4. The average Bonchev–Trinajstić information content (AvgIpc) is 1.63. The predicted molar refractivity (Wildman–Crippen MR) is 453 cm³/mol. The van der Waals surface area contributed by atoms with Gasteiger partial charge >= 0.3 is 5.97 Å². The number of likely N-dealkylation sites (tertiary alicyclic amines) is 2. The zero-order valence-corrected chi connectivity index (χ0v) is 70.6. The van der Waals surface area contributed by atoms with Gasteiger partial charge in [0, 0.05) is 63.0 Å². The lowest BCUT2D eigenvalue weighted by Crippen LogP contribution is -2.61. The van der Waals surface area contributed by atoms with E-state index < -0.39 is 152 Å². The summed E-state index contributed by atoms with van der Waals surface area (Å²) in [7, 11) is -0.913. The summed E-state index contributed by atoms with van der Waals surface area (Å²) in [6.07, 6.45) is 5.89. The van der Waals surface area contributed by atoms with Crippen LogP contribution in [-0.2, 0) is 77.2 Å². The molecule has 13 unspecified atom stereocenters. The van der Waals surface area contributed by atoms with Crippen molar-refractivity contribution >= 4 is 96.4 Å². The van der Waals surface area contributed by atoms with Gasteiger partial charge in [-0.1, -0.05) is 177 Å². The lowest BCUT2D eigenvalue weighted by atomic mass is 9.85. The lowest BCUT2D eigenvalue weighted by molar-refractivity contribution is -0.144. The van der Waals surface area contributed by atoms with Crippen molar-refractivity contribution in [3.63, 3.8) is 0 Å². The second-order valence-electron chi connectivity index (χ2n) is 33.9. The number of hydrazone groups is 1. The third kappa shape index (κ3) is 23.9. The van der Waals surface area contributed by atoms with E-state index in [1.165, 1.54) is 9.80 Å². The number of sulfonamides is 1. The molecule has 9 amide bonds. The van der Waals surface area contributed by atoms with Gasteiger partial charge in [0.2, 0.25) is 57.3 Å². The molecule has 0 bridgehead atoms. The number of benzene rings is 6. The highest BCUT2D eigenvalue weighted by Gasteiger charge is 2.49. The van der Waals surface area contributed by atoms with Crippen LogP contribution in [0.3, 0.4) is 0 Å². The Hall–Kier alpha value is -11.1. The molecule has 0 aromatic heterocycles. The molecule has 1 saturated carbocycles. The van der Waals surface area contributed by atoms with Gasteiger partial charge in [-0.2, -0.15) is 5.10 Å². The number of likely N-dealkylation sites (N-methyl/N-ethyl adjacent to an activating group) is 2. The Morgan fingerprint density at radius 3 is 1.65 bits per heavy atom. The molecule has 30 heteroatoms. The van der Waals surface area contributed by atoms with Crippen molar-refractivity contribution in [1.82, 2.24) is 56.7 Å². The van der Waals surface area contributed by atoms with Crippen molar-refractivity contribution in [3.05, 3.63) is 180 Å². The number of rotatable bonds is 37. The lowest BCUT2D eigenvalue weighted by Gasteiger charge is -2.36. The number of hydrogen-bond donors (Lipinski definition) is 11. The minimum Gasteiger partial charge on any atom is -0.490 e. The summed E-state index contributed by atoms with van der Waals surface area (Å²) in [4.78, 5) is 143. The number of carbonyl (C=O) groups is 10. The van der Waals surface area contributed by atoms with Gasteiger partial charge in [-0.25, -0.2) is 13.2 Å². The molecule has 119 heavy (non-hydrogen) atoms. The van der Waals surface area contributed by atoms with Gasteiger partial charge in [-0.05, 0) is 150 Å². The number of ether oxygens (including phenoxy) is 2. The molecule has 10 rings (SSSR count). The van der Waals surface area contributed by atoms with Crippen LogP contribution in [0.2, 0.25) is 0 Å². The number of nitrogens with two attached hydrogens (primary N) is 1. The van der Waals surface area contributed by atoms with Crippen LogP contribution in [0.4, 0.5) is 0 Å². The van der Waals surface area contributed by atoms with Crippen molar-refractivity contribution in [2.75, 3.05) is 40.4 Å². The van der Waals surface area contributed by atoms with Crippen LogP contribution in [0.15, 0.2) is 162 Å². The topological polar surface area (TPSA) is 408 Å². The molecule has 1 aliphatic carbocycles. The molecule has 3 heterocycles. The summed E-state index contributed by atoms with van der Waals surface area (Å²) < 4.78 is 41.7. The number of aliphatic hydroxyl groups excluding tert-OH is 1. The summed E-state index contributed by atoms with van der Waals surface area (Å²) in [6, 6.07) is 29.5. The number of aliphatic carboxylic acids is 1. The molecular weight excluding hydrogens is 1540 g/mol. The number of aliphatic hydroxyl groups is 1. The molecule has 12 N–H and O–H groups in total. The smallest absolute Gasteiger partial charge is 0.326 e. The molecule has 3 fully saturated rings. The molecule has 0 radical (unpaired) electrons. The second kappa shape index (κ2) is 39.7. The van der Waals surface area contributed by atoms with E-state index in [1.807, 2.05) is 125 Å². The molecule has 3 aliphatic heterocycles. The highest BCUT2D eigenvalue weighted by molar-refractivity contribution is 7.91. The summed E-state index contributed by atoms with van der Waals surface area (Å²) in [5.41, 5.74) is 8.42. The number of hydrogen-bond acceptors (Lipinski definition) is 19. The molecule has 13 atom stereocenters. The maximum atomic E-state index is 15.4. The summed E-state index contributed by atoms with van der Waals surface area (Å²) in [5, 5.41) is 50.6. The van der Waals surface area contributed by atoms with Gasteiger partial charge in [-0.15, -0.1) is 0 Å². The standard InChI is InChI=1S/C89H115N13O16S/c1-13-65-41-59(49-102(98-65)66-47-73(78(90)104)101(50-66)86(112)77(89(8,9)10)97-80(106)54(4)92-12)51-118-68-35-28-55(29-36-68)42-71(82(108)99-119(115,116)69-37-38-69)93-81(107)70(44-57-25-30-60-21-14-16-23-63(60)40-57)94-83(109)74-45-58(48-100(74)85(111)76(88(5,6)7)96-79(105)53(3)91-11)20-18-19-39-117-67-33-26-56(27-34-67)43-72(87(113)114)95-84(110)75(103)52(2)62-32-31-61-22-15-17-24-64(61)46-62/h14-19,21-36,40,46,49,52-54,58,66,69-77,91-92,103H,13,20,37-39,41-45,47-48,50-51H2,1-12H3,(H2,90,104)(H,93,107)(H,94,109)(H,95,110)(H,96,105)(H,97,106)(H,99,108)(H,113,114). The number of carbonyl (C=O) groups excluding carboxylic acids is 9. The highest BCUT2D eigenvalue weighted by atomic mass is 32.2.